The van der Waals surface area contributed by atoms with Gasteiger partial charge < -0.3 is 5.32 Å². The van der Waals surface area contributed by atoms with Crippen molar-refractivity contribution in [2.75, 3.05) is 5.32 Å². The van der Waals surface area contributed by atoms with E-state index in [1.807, 2.05) is 26.0 Å². The average Bonchev–Trinajstić information content (AvgIpc) is 2.37. The molecule has 0 spiro atoms. The van der Waals surface area contributed by atoms with Gasteiger partial charge >= 0.3 is 0 Å². The Morgan fingerprint density at radius 1 is 1.26 bits per heavy atom. The highest BCUT2D eigenvalue weighted by Gasteiger charge is 2.13. The molecule has 1 aromatic carbocycles. The summed E-state index contributed by atoms with van der Waals surface area (Å²) in [6.45, 7) is 3.76. The molecule has 0 aliphatic heterocycles. The Labute approximate surface area is 125 Å². The molecule has 1 heterocycles. The SMILES string of the molecule is Cc1ccc(Br)cc1C(=O)Nc1c(C)ccnc1Cl. The summed E-state index contributed by atoms with van der Waals surface area (Å²) in [6, 6.07) is 7.37. The summed E-state index contributed by atoms with van der Waals surface area (Å²) >= 11 is 9.36. The van der Waals surface area contributed by atoms with Gasteiger partial charge in [-0.2, -0.15) is 0 Å². The van der Waals surface area contributed by atoms with E-state index in [9.17, 15) is 4.79 Å². The molecule has 2 rings (SSSR count). The van der Waals surface area contributed by atoms with Crippen molar-refractivity contribution in [3.63, 3.8) is 0 Å². The molecule has 19 heavy (non-hydrogen) atoms. The molecule has 0 radical (unpaired) electrons. The number of aromatic nitrogens is 1. The number of nitrogens with zero attached hydrogens (tertiary/aromatic N) is 1. The molecule has 0 saturated carbocycles. The van der Waals surface area contributed by atoms with E-state index in [-0.39, 0.29) is 5.91 Å². The fourth-order valence-electron chi connectivity index (χ4n) is 1.69. The summed E-state index contributed by atoms with van der Waals surface area (Å²) in [7, 11) is 0. The number of anilines is 1. The zero-order valence-electron chi connectivity index (χ0n) is 10.5. The number of nitrogens with one attached hydrogen (secondary N) is 1. The Morgan fingerprint density at radius 2 is 2.00 bits per heavy atom. The van der Waals surface area contributed by atoms with E-state index in [2.05, 4.69) is 26.2 Å². The zero-order chi connectivity index (χ0) is 14.0. The number of pyridine rings is 1. The average molecular weight is 340 g/mol. The van der Waals surface area contributed by atoms with E-state index in [1.165, 1.54) is 0 Å². The highest BCUT2D eigenvalue weighted by atomic mass is 79.9. The lowest BCUT2D eigenvalue weighted by Gasteiger charge is -2.11. The van der Waals surface area contributed by atoms with Crippen LogP contribution >= 0.6 is 27.5 Å². The first-order valence-corrected chi connectivity index (χ1v) is 6.84. The maximum Gasteiger partial charge on any atom is 0.256 e. The number of benzene rings is 1. The normalized spacial score (nSPS) is 10.3. The Morgan fingerprint density at radius 3 is 2.68 bits per heavy atom. The van der Waals surface area contributed by atoms with Crippen LogP contribution in [0.25, 0.3) is 0 Å². The van der Waals surface area contributed by atoms with Crippen LogP contribution in [0.2, 0.25) is 5.15 Å². The molecular formula is C14H12BrClN2O. The van der Waals surface area contributed by atoms with E-state index in [1.54, 1.807) is 18.3 Å². The molecule has 0 fully saturated rings. The number of amides is 1. The predicted molar refractivity (Wildman–Crippen MR) is 80.8 cm³/mol. The van der Waals surface area contributed by atoms with Gasteiger partial charge in [-0.05, 0) is 43.2 Å². The molecule has 0 aliphatic rings. The van der Waals surface area contributed by atoms with E-state index in [0.717, 1.165) is 15.6 Å². The summed E-state index contributed by atoms with van der Waals surface area (Å²) in [5.41, 5.74) is 2.93. The van der Waals surface area contributed by atoms with Gasteiger partial charge in [0.2, 0.25) is 0 Å². The van der Waals surface area contributed by atoms with Crippen molar-refractivity contribution in [3.05, 3.63) is 56.8 Å². The number of carbonyl (C=O) groups excluding carboxylic acids is 1. The minimum atomic E-state index is -0.197. The molecule has 3 nitrogen and oxygen atoms in total. The van der Waals surface area contributed by atoms with Gasteiger partial charge in [0.25, 0.3) is 5.91 Å². The van der Waals surface area contributed by atoms with Crippen molar-refractivity contribution in [2.24, 2.45) is 0 Å². The number of rotatable bonds is 2. The van der Waals surface area contributed by atoms with Gasteiger partial charge in [-0.25, -0.2) is 4.98 Å². The first kappa shape index (κ1) is 14.0. The van der Waals surface area contributed by atoms with Crippen LogP contribution in [0.1, 0.15) is 21.5 Å². The Hall–Kier alpha value is -1.39. The van der Waals surface area contributed by atoms with E-state index in [4.69, 9.17) is 11.6 Å². The van der Waals surface area contributed by atoms with Crippen LogP contribution in [0.4, 0.5) is 5.69 Å². The number of carbonyl (C=O) groups is 1. The quantitative estimate of drug-likeness (QED) is 0.826. The molecule has 1 amide bonds. The fraction of sp³-hybridized carbons (Fsp3) is 0.143. The van der Waals surface area contributed by atoms with Crippen LogP contribution in [0, 0.1) is 13.8 Å². The number of halogens is 2. The monoisotopic (exact) mass is 338 g/mol. The number of aryl methyl sites for hydroxylation is 2. The molecule has 1 aromatic heterocycles. The molecule has 0 unspecified atom stereocenters. The molecule has 0 saturated heterocycles. The van der Waals surface area contributed by atoms with Crippen LogP contribution in [0.3, 0.4) is 0 Å². The smallest absolute Gasteiger partial charge is 0.256 e. The van der Waals surface area contributed by atoms with Crippen LogP contribution in [0.5, 0.6) is 0 Å². The third-order valence-electron chi connectivity index (χ3n) is 2.80. The highest BCUT2D eigenvalue weighted by molar-refractivity contribution is 9.10. The third kappa shape index (κ3) is 3.14. The van der Waals surface area contributed by atoms with Crippen molar-refractivity contribution in [3.8, 4) is 0 Å². The maximum atomic E-state index is 12.3. The second-order valence-electron chi connectivity index (χ2n) is 4.21. The predicted octanol–water partition coefficient (Wildman–Crippen LogP) is 4.37. The largest absolute Gasteiger partial charge is 0.319 e. The molecule has 0 atom stereocenters. The van der Waals surface area contributed by atoms with Gasteiger partial charge in [-0.15, -0.1) is 0 Å². The van der Waals surface area contributed by atoms with Crippen LogP contribution in [-0.4, -0.2) is 10.9 Å². The molecule has 0 bridgehead atoms. The fourth-order valence-corrected chi connectivity index (χ4v) is 2.31. The van der Waals surface area contributed by atoms with Gasteiger partial charge in [-0.1, -0.05) is 33.6 Å². The lowest BCUT2D eigenvalue weighted by atomic mass is 10.1. The standard InChI is InChI=1S/C14H12BrClN2O/c1-8-3-4-10(15)7-11(8)14(19)18-12-9(2)5-6-17-13(12)16/h3-7H,1-2H3,(H,18,19). The summed E-state index contributed by atoms with van der Waals surface area (Å²) in [5.74, 6) is -0.197. The number of hydrogen-bond donors (Lipinski definition) is 1. The van der Waals surface area contributed by atoms with Gasteiger partial charge in [0, 0.05) is 16.2 Å². The van der Waals surface area contributed by atoms with E-state index < -0.39 is 0 Å². The van der Waals surface area contributed by atoms with Gasteiger partial charge in [0.15, 0.2) is 5.15 Å². The highest BCUT2D eigenvalue weighted by Crippen LogP contribution is 2.24. The second kappa shape index (κ2) is 5.72. The van der Waals surface area contributed by atoms with Crippen molar-refractivity contribution in [1.82, 2.24) is 4.98 Å². The summed E-state index contributed by atoms with van der Waals surface area (Å²) in [5, 5.41) is 3.10. The van der Waals surface area contributed by atoms with Gasteiger partial charge in [0.1, 0.15) is 0 Å². The molecular weight excluding hydrogens is 328 g/mol. The van der Waals surface area contributed by atoms with Gasteiger partial charge in [-0.3, -0.25) is 4.79 Å². The maximum absolute atomic E-state index is 12.3. The van der Waals surface area contributed by atoms with E-state index >= 15 is 0 Å². The van der Waals surface area contributed by atoms with Crippen molar-refractivity contribution >= 4 is 39.1 Å². The minimum absolute atomic E-state index is 0.197. The molecule has 1 N–H and O–H groups in total. The second-order valence-corrected chi connectivity index (χ2v) is 5.48. The van der Waals surface area contributed by atoms with Crippen LogP contribution in [0.15, 0.2) is 34.9 Å². The van der Waals surface area contributed by atoms with Crippen molar-refractivity contribution < 1.29 is 4.79 Å². The molecule has 2 aromatic rings. The van der Waals surface area contributed by atoms with Crippen LogP contribution in [-0.2, 0) is 0 Å². The Kier molecular flexibility index (Phi) is 4.22. The summed E-state index contributed by atoms with van der Waals surface area (Å²) in [4.78, 5) is 16.2. The first-order chi connectivity index (χ1) is 8.99. The summed E-state index contributed by atoms with van der Waals surface area (Å²) < 4.78 is 0.859. The Balaban J connectivity index is 2.34. The molecule has 5 heteroatoms. The minimum Gasteiger partial charge on any atom is -0.319 e. The zero-order valence-corrected chi connectivity index (χ0v) is 12.8. The summed E-state index contributed by atoms with van der Waals surface area (Å²) in [6.07, 6.45) is 1.61. The molecule has 98 valence electrons. The molecule has 0 aliphatic carbocycles. The topological polar surface area (TPSA) is 42.0 Å². The lowest BCUT2D eigenvalue weighted by Crippen LogP contribution is -2.14. The lowest BCUT2D eigenvalue weighted by molar-refractivity contribution is 0.102. The number of hydrogen-bond acceptors (Lipinski definition) is 2. The Bertz CT molecular complexity index is 623. The van der Waals surface area contributed by atoms with E-state index in [0.29, 0.717) is 16.4 Å². The van der Waals surface area contributed by atoms with Crippen LogP contribution < -0.4 is 5.32 Å². The van der Waals surface area contributed by atoms with Gasteiger partial charge in [0.05, 0.1) is 5.69 Å². The van der Waals surface area contributed by atoms with Crippen molar-refractivity contribution in [2.45, 2.75) is 13.8 Å². The third-order valence-corrected chi connectivity index (χ3v) is 3.58. The first-order valence-electron chi connectivity index (χ1n) is 5.67. The van der Waals surface area contributed by atoms with Crippen molar-refractivity contribution in [1.29, 1.82) is 0 Å².